The normalized spacial score (nSPS) is 18.6. The molecule has 0 spiro atoms. The van der Waals surface area contributed by atoms with Gasteiger partial charge < -0.3 is 14.7 Å². The van der Waals surface area contributed by atoms with Crippen LogP contribution in [0.3, 0.4) is 0 Å². The van der Waals surface area contributed by atoms with Gasteiger partial charge in [0.05, 0.1) is 32.4 Å². The Morgan fingerprint density at radius 3 is 2.61 bits per heavy atom. The van der Waals surface area contributed by atoms with Crippen LogP contribution in [0.15, 0.2) is 0 Å². The molecule has 1 aliphatic rings. The molecule has 1 heterocycles. The van der Waals surface area contributed by atoms with Crippen molar-refractivity contribution < 1.29 is 33.9 Å². The quantitative estimate of drug-likeness (QED) is 0.652. The fraction of sp³-hybridized carbons (Fsp3) is 0.600. The molecule has 1 unspecified atom stereocenters. The molecule has 1 aliphatic heterocycles. The van der Waals surface area contributed by atoms with Gasteiger partial charge in [0.25, 0.3) is 5.91 Å². The number of amides is 1. The van der Waals surface area contributed by atoms with E-state index in [2.05, 4.69) is 9.57 Å². The summed E-state index contributed by atoms with van der Waals surface area (Å²) in [6, 6.07) is 0. The van der Waals surface area contributed by atoms with Crippen molar-refractivity contribution in [3.8, 4) is 0 Å². The van der Waals surface area contributed by atoms with E-state index in [0.29, 0.717) is 0 Å². The zero-order valence-electron chi connectivity index (χ0n) is 9.75. The number of rotatable bonds is 5. The van der Waals surface area contributed by atoms with E-state index in [0.717, 1.165) is 5.06 Å². The van der Waals surface area contributed by atoms with Gasteiger partial charge in [-0.3, -0.25) is 14.4 Å². The highest BCUT2D eigenvalue weighted by Gasteiger charge is 2.37. The summed E-state index contributed by atoms with van der Waals surface area (Å²) in [5.41, 5.74) is 0. The van der Waals surface area contributed by atoms with Crippen LogP contribution in [0.1, 0.15) is 19.3 Å². The lowest BCUT2D eigenvalue weighted by Crippen LogP contribution is -2.30. The number of esters is 1. The molecule has 0 saturated carbocycles. The van der Waals surface area contributed by atoms with Crippen LogP contribution < -0.4 is 0 Å². The molecule has 8 nitrogen and oxygen atoms in total. The number of aliphatic carboxylic acids is 1. The highest BCUT2D eigenvalue weighted by Crippen LogP contribution is 2.19. The van der Waals surface area contributed by atoms with E-state index < -0.39 is 29.7 Å². The van der Waals surface area contributed by atoms with Crippen LogP contribution in [-0.2, 0) is 28.8 Å². The van der Waals surface area contributed by atoms with Gasteiger partial charge in [-0.15, -0.1) is 0 Å². The molecule has 1 rings (SSSR count). The second kappa shape index (κ2) is 5.99. The first-order valence-corrected chi connectivity index (χ1v) is 5.24. The monoisotopic (exact) mass is 259 g/mol. The molecule has 0 bridgehead atoms. The molecule has 0 aliphatic carbocycles. The van der Waals surface area contributed by atoms with E-state index >= 15 is 0 Å². The second-order valence-corrected chi connectivity index (χ2v) is 3.74. The summed E-state index contributed by atoms with van der Waals surface area (Å²) in [4.78, 5) is 48.7. The van der Waals surface area contributed by atoms with Crippen molar-refractivity contribution in [3.63, 3.8) is 0 Å². The molecule has 8 heteroatoms. The number of carbonyl (C=O) groups excluding carboxylic acids is 3. The number of carboxylic acids is 1. The Morgan fingerprint density at radius 1 is 1.39 bits per heavy atom. The zero-order chi connectivity index (χ0) is 13.7. The van der Waals surface area contributed by atoms with Crippen LogP contribution in [0.25, 0.3) is 0 Å². The molecule has 0 aromatic rings. The molecule has 0 aromatic heterocycles. The highest BCUT2D eigenvalue weighted by molar-refractivity contribution is 5.87. The summed E-state index contributed by atoms with van der Waals surface area (Å²) < 4.78 is 4.48. The predicted molar refractivity (Wildman–Crippen MR) is 54.8 cm³/mol. The van der Waals surface area contributed by atoms with Gasteiger partial charge in [0.1, 0.15) is 0 Å². The number of methoxy groups -OCH3 is 1. The number of hydrogen-bond acceptors (Lipinski definition) is 6. The van der Waals surface area contributed by atoms with E-state index in [4.69, 9.17) is 5.11 Å². The minimum absolute atomic E-state index is 0.0652. The van der Waals surface area contributed by atoms with Gasteiger partial charge in [0.2, 0.25) is 0 Å². The number of hydrogen-bond donors (Lipinski definition) is 1. The van der Waals surface area contributed by atoms with Crippen molar-refractivity contribution in [2.45, 2.75) is 19.3 Å². The number of carboxylic acid groups (broad SMARTS) is 1. The standard InChI is InChI=1S/C10H13NO7/c1-17-10(16)6-4-7(12)11(5-6)18-9(15)3-2-8(13)14/h6H,2-5H2,1H3,(H,13,14). The number of ether oxygens (including phenoxy) is 1. The van der Waals surface area contributed by atoms with Crippen LogP contribution in [0.2, 0.25) is 0 Å². The molecule has 0 radical (unpaired) electrons. The smallest absolute Gasteiger partial charge is 0.333 e. The molecule has 1 amide bonds. The Hall–Kier alpha value is -2.12. The molecule has 18 heavy (non-hydrogen) atoms. The van der Waals surface area contributed by atoms with Crippen molar-refractivity contribution in [2.75, 3.05) is 13.7 Å². The Labute approximate surface area is 102 Å². The third-order valence-electron chi connectivity index (χ3n) is 2.37. The van der Waals surface area contributed by atoms with E-state index in [9.17, 15) is 19.2 Å². The lowest BCUT2D eigenvalue weighted by Gasteiger charge is -2.14. The third-order valence-corrected chi connectivity index (χ3v) is 2.37. The number of carbonyl (C=O) groups is 4. The van der Waals surface area contributed by atoms with Crippen LogP contribution >= 0.6 is 0 Å². The Morgan fingerprint density at radius 2 is 2.06 bits per heavy atom. The Kier molecular flexibility index (Phi) is 4.64. The molecule has 0 aromatic carbocycles. The van der Waals surface area contributed by atoms with Crippen molar-refractivity contribution in [2.24, 2.45) is 5.92 Å². The van der Waals surface area contributed by atoms with Gasteiger partial charge in [-0.1, -0.05) is 0 Å². The first kappa shape index (κ1) is 13.9. The molecule has 100 valence electrons. The summed E-state index contributed by atoms with van der Waals surface area (Å²) in [5.74, 6) is -3.67. The Bertz CT molecular complexity index is 378. The summed E-state index contributed by atoms with van der Waals surface area (Å²) in [6.45, 7) is -0.0652. The van der Waals surface area contributed by atoms with Crippen molar-refractivity contribution >= 4 is 23.8 Å². The minimum Gasteiger partial charge on any atom is -0.481 e. The molecular formula is C10H13NO7. The largest absolute Gasteiger partial charge is 0.481 e. The maximum absolute atomic E-state index is 11.4. The topological polar surface area (TPSA) is 110 Å². The fourth-order valence-corrected chi connectivity index (χ4v) is 1.47. The molecule has 1 saturated heterocycles. The van der Waals surface area contributed by atoms with E-state index in [1.54, 1.807) is 0 Å². The minimum atomic E-state index is -1.13. The lowest BCUT2D eigenvalue weighted by atomic mass is 10.1. The van der Waals surface area contributed by atoms with Crippen molar-refractivity contribution in [1.82, 2.24) is 5.06 Å². The van der Waals surface area contributed by atoms with Gasteiger partial charge in [-0.2, -0.15) is 5.06 Å². The van der Waals surface area contributed by atoms with Crippen molar-refractivity contribution in [3.05, 3.63) is 0 Å². The summed E-state index contributed by atoms with van der Waals surface area (Å²) in [5, 5.41) is 9.14. The van der Waals surface area contributed by atoms with Gasteiger partial charge in [0, 0.05) is 6.42 Å². The van der Waals surface area contributed by atoms with E-state index in [1.165, 1.54) is 7.11 Å². The zero-order valence-corrected chi connectivity index (χ0v) is 9.75. The van der Waals surface area contributed by atoms with Crippen LogP contribution in [0.4, 0.5) is 0 Å². The van der Waals surface area contributed by atoms with Gasteiger partial charge in [0.15, 0.2) is 0 Å². The summed E-state index contributed by atoms with van der Waals surface area (Å²) >= 11 is 0. The number of nitrogens with zero attached hydrogens (tertiary/aromatic N) is 1. The first-order valence-electron chi connectivity index (χ1n) is 5.24. The van der Waals surface area contributed by atoms with E-state index in [1.807, 2.05) is 0 Å². The summed E-state index contributed by atoms with van der Waals surface area (Å²) in [6.07, 6.45) is -0.790. The van der Waals surface area contributed by atoms with Crippen LogP contribution in [0.5, 0.6) is 0 Å². The van der Waals surface area contributed by atoms with Gasteiger partial charge in [-0.25, -0.2) is 4.79 Å². The highest BCUT2D eigenvalue weighted by atomic mass is 16.7. The third kappa shape index (κ3) is 3.72. The lowest BCUT2D eigenvalue weighted by molar-refractivity contribution is -0.194. The van der Waals surface area contributed by atoms with Gasteiger partial charge >= 0.3 is 17.9 Å². The fourth-order valence-electron chi connectivity index (χ4n) is 1.47. The second-order valence-electron chi connectivity index (χ2n) is 3.74. The van der Waals surface area contributed by atoms with Gasteiger partial charge in [-0.05, 0) is 0 Å². The van der Waals surface area contributed by atoms with Crippen molar-refractivity contribution in [1.29, 1.82) is 0 Å². The number of hydroxylamine groups is 2. The molecular weight excluding hydrogens is 246 g/mol. The van der Waals surface area contributed by atoms with Crippen LogP contribution in [-0.4, -0.2) is 47.6 Å². The molecule has 1 atom stereocenters. The summed E-state index contributed by atoms with van der Waals surface area (Å²) in [7, 11) is 1.20. The van der Waals surface area contributed by atoms with E-state index in [-0.39, 0.29) is 25.8 Å². The average molecular weight is 259 g/mol. The average Bonchev–Trinajstić information content (AvgIpc) is 2.67. The Balaban J connectivity index is 2.43. The molecule has 1 fully saturated rings. The maximum Gasteiger partial charge on any atom is 0.333 e. The SMILES string of the molecule is COC(=O)C1CC(=O)N(OC(=O)CCC(=O)O)C1. The van der Waals surface area contributed by atoms with Crippen LogP contribution in [0, 0.1) is 5.92 Å². The predicted octanol–water partition coefficient (Wildman–Crippen LogP) is -0.669. The molecule has 1 N–H and O–H groups in total. The maximum atomic E-state index is 11.4. The first-order chi connectivity index (χ1) is 8.43.